The van der Waals surface area contributed by atoms with Crippen LogP contribution in [0.5, 0.6) is 0 Å². The van der Waals surface area contributed by atoms with Crippen molar-refractivity contribution in [1.82, 2.24) is 4.57 Å². The Morgan fingerprint density at radius 2 is 1.96 bits per heavy atom. The second-order valence-corrected chi connectivity index (χ2v) is 6.07. The number of hydrogen-bond acceptors (Lipinski definition) is 4. The maximum atomic E-state index is 12.2. The maximum absolute atomic E-state index is 12.2. The Morgan fingerprint density at radius 3 is 2.61 bits per heavy atom. The van der Waals surface area contributed by atoms with Crippen molar-refractivity contribution in [3.63, 3.8) is 0 Å². The van der Waals surface area contributed by atoms with Gasteiger partial charge in [-0.15, -0.1) is 0 Å². The number of nitrogens with zero attached hydrogens (tertiary/aromatic N) is 1. The third-order valence-electron chi connectivity index (χ3n) is 3.00. The summed E-state index contributed by atoms with van der Waals surface area (Å²) in [7, 11) is 0. The molecule has 0 amide bonds. The zero-order chi connectivity index (χ0) is 17.0. The molecule has 0 unspecified atom stereocenters. The molecule has 5 heteroatoms. The molecule has 0 bridgehead atoms. The SMILES string of the molecule is CCOC(=O)C=Cc1ccc2c(ccn2C(=O)OC(C)(C)C)c1. The molecule has 122 valence electrons. The van der Waals surface area contributed by atoms with Crippen molar-refractivity contribution in [3.8, 4) is 0 Å². The van der Waals surface area contributed by atoms with Crippen LogP contribution in [0.15, 0.2) is 36.5 Å². The first-order valence-corrected chi connectivity index (χ1v) is 7.49. The Bertz CT molecular complexity index is 750. The lowest BCUT2D eigenvalue weighted by Gasteiger charge is -2.19. The van der Waals surface area contributed by atoms with Crippen molar-refractivity contribution in [2.45, 2.75) is 33.3 Å². The van der Waals surface area contributed by atoms with E-state index < -0.39 is 11.7 Å². The molecular weight excluding hydrogens is 294 g/mol. The van der Waals surface area contributed by atoms with Crippen molar-refractivity contribution >= 4 is 29.0 Å². The number of carbonyl (C=O) groups excluding carboxylic acids is 2. The summed E-state index contributed by atoms with van der Waals surface area (Å²) >= 11 is 0. The van der Waals surface area contributed by atoms with E-state index in [0.29, 0.717) is 6.61 Å². The van der Waals surface area contributed by atoms with Crippen LogP contribution in [0.3, 0.4) is 0 Å². The number of fused-ring (bicyclic) bond motifs is 1. The highest BCUT2D eigenvalue weighted by molar-refractivity contribution is 5.92. The third-order valence-corrected chi connectivity index (χ3v) is 3.00. The predicted molar refractivity (Wildman–Crippen MR) is 89.2 cm³/mol. The largest absolute Gasteiger partial charge is 0.463 e. The maximum Gasteiger partial charge on any atom is 0.418 e. The normalized spacial score (nSPS) is 11.8. The lowest BCUT2D eigenvalue weighted by molar-refractivity contribution is -0.137. The fraction of sp³-hybridized carbons (Fsp3) is 0.333. The molecule has 0 saturated heterocycles. The van der Waals surface area contributed by atoms with Gasteiger partial charge in [0.25, 0.3) is 0 Å². The van der Waals surface area contributed by atoms with Crippen LogP contribution < -0.4 is 0 Å². The minimum Gasteiger partial charge on any atom is -0.463 e. The summed E-state index contributed by atoms with van der Waals surface area (Å²) in [5.74, 6) is -0.376. The van der Waals surface area contributed by atoms with Crippen LogP contribution >= 0.6 is 0 Å². The van der Waals surface area contributed by atoms with Crippen LogP contribution in [-0.4, -0.2) is 28.8 Å². The molecular formula is C18H21NO4. The van der Waals surface area contributed by atoms with Crippen LogP contribution in [0.2, 0.25) is 0 Å². The zero-order valence-electron chi connectivity index (χ0n) is 13.8. The van der Waals surface area contributed by atoms with Gasteiger partial charge in [-0.05, 0) is 57.5 Å². The second kappa shape index (κ2) is 6.69. The Hall–Kier alpha value is -2.56. The van der Waals surface area contributed by atoms with E-state index >= 15 is 0 Å². The first-order valence-electron chi connectivity index (χ1n) is 7.49. The Balaban J connectivity index is 2.23. The number of aromatic nitrogens is 1. The number of esters is 1. The first-order chi connectivity index (χ1) is 10.8. The lowest BCUT2D eigenvalue weighted by Crippen LogP contribution is -2.26. The van der Waals surface area contributed by atoms with Crippen molar-refractivity contribution in [1.29, 1.82) is 0 Å². The highest BCUT2D eigenvalue weighted by atomic mass is 16.6. The van der Waals surface area contributed by atoms with Crippen LogP contribution in [0.1, 0.15) is 33.3 Å². The van der Waals surface area contributed by atoms with Gasteiger partial charge < -0.3 is 9.47 Å². The molecule has 0 aliphatic rings. The van der Waals surface area contributed by atoms with Gasteiger partial charge in [0.2, 0.25) is 0 Å². The standard InChI is InChI=1S/C18H21NO4/c1-5-22-16(20)9-7-13-6-8-15-14(12-13)10-11-19(15)17(21)23-18(2,3)4/h6-12H,5H2,1-4H3. The van der Waals surface area contributed by atoms with Crippen LogP contribution in [0, 0.1) is 0 Å². The summed E-state index contributed by atoms with van der Waals surface area (Å²) in [6.45, 7) is 7.59. The minimum absolute atomic E-state index is 0.348. The summed E-state index contributed by atoms with van der Waals surface area (Å²) in [5.41, 5.74) is 1.07. The van der Waals surface area contributed by atoms with Gasteiger partial charge in [-0.2, -0.15) is 0 Å². The second-order valence-electron chi connectivity index (χ2n) is 6.07. The summed E-state index contributed by atoms with van der Waals surface area (Å²) in [6.07, 6.45) is 4.33. The van der Waals surface area contributed by atoms with E-state index in [0.717, 1.165) is 16.5 Å². The fourth-order valence-electron chi connectivity index (χ4n) is 2.09. The van der Waals surface area contributed by atoms with Crippen molar-refractivity contribution < 1.29 is 19.1 Å². The highest BCUT2D eigenvalue weighted by Gasteiger charge is 2.18. The summed E-state index contributed by atoms with van der Waals surface area (Å²) < 4.78 is 11.7. The number of rotatable bonds is 3. The van der Waals surface area contributed by atoms with Gasteiger partial charge in [0, 0.05) is 17.7 Å². The third kappa shape index (κ3) is 4.45. The molecule has 0 fully saturated rings. The van der Waals surface area contributed by atoms with Gasteiger partial charge in [-0.1, -0.05) is 6.07 Å². The van der Waals surface area contributed by atoms with Crippen molar-refractivity contribution in [3.05, 3.63) is 42.1 Å². The monoisotopic (exact) mass is 315 g/mol. The first kappa shape index (κ1) is 16.8. The zero-order valence-corrected chi connectivity index (χ0v) is 13.8. The lowest BCUT2D eigenvalue weighted by atomic mass is 10.1. The molecule has 0 aliphatic heterocycles. The Kier molecular flexibility index (Phi) is 4.89. The van der Waals surface area contributed by atoms with Crippen LogP contribution in [-0.2, 0) is 14.3 Å². The molecule has 0 saturated carbocycles. The van der Waals surface area contributed by atoms with E-state index in [-0.39, 0.29) is 5.97 Å². The van der Waals surface area contributed by atoms with Crippen LogP contribution in [0.25, 0.3) is 17.0 Å². The van der Waals surface area contributed by atoms with E-state index in [1.165, 1.54) is 10.6 Å². The molecule has 2 aromatic rings. The molecule has 2 rings (SSSR count). The van der Waals surface area contributed by atoms with Gasteiger partial charge in [-0.25, -0.2) is 9.59 Å². The van der Waals surface area contributed by atoms with E-state index in [1.807, 2.05) is 45.0 Å². The van der Waals surface area contributed by atoms with E-state index in [1.54, 1.807) is 19.2 Å². The predicted octanol–water partition coefficient (Wildman–Crippen LogP) is 4.00. The van der Waals surface area contributed by atoms with Gasteiger partial charge >= 0.3 is 12.1 Å². The smallest absolute Gasteiger partial charge is 0.418 e. The number of hydrogen-bond donors (Lipinski definition) is 0. The Morgan fingerprint density at radius 1 is 1.22 bits per heavy atom. The molecule has 1 aromatic carbocycles. The Labute approximate surface area is 135 Å². The average molecular weight is 315 g/mol. The number of ether oxygens (including phenoxy) is 2. The molecule has 5 nitrogen and oxygen atoms in total. The van der Waals surface area contributed by atoms with Gasteiger partial charge in [0.15, 0.2) is 0 Å². The summed E-state index contributed by atoms with van der Waals surface area (Å²) in [6, 6.07) is 7.38. The molecule has 1 aromatic heterocycles. The highest BCUT2D eigenvalue weighted by Crippen LogP contribution is 2.20. The molecule has 1 heterocycles. The summed E-state index contributed by atoms with van der Waals surface area (Å²) in [4.78, 5) is 23.5. The summed E-state index contributed by atoms with van der Waals surface area (Å²) in [5, 5.41) is 0.891. The van der Waals surface area contributed by atoms with E-state index in [2.05, 4.69) is 0 Å². The molecule has 0 radical (unpaired) electrons. The van der Waals surface area contributed by atoms with Crippen LogP contribution in [0.4, 0.5) is 4.79 Å². The number of benzene rings is 1. The van der Waals surface area contributed by atoms with Gasteiger partial charge in [-0.3, -0.25) is 4.57 Å². The quantitative estimate of drug-likeness (QED) is 0.634. The molecule has 0 atom stereocenters. The molecule has 23 heavy (non-hydrogen) atoms. The molecule has 0 spiro atoms. The van der Waals surface area contributed by atoms with Gasteiger partial charge in [0.1, 0.15) is 5.60 Å². The van der Waals surface area contributed by atoms with Gasteiger partial charge in [0.05, 0.1) is 12.1 Å². The van der Waals surface area contributed by atoms with Crippen molar-refractivity contribution in [2.24, 2.45) is 0 Å². The fourth-order valence-corrected chi connectivity index (χ4v) is 2.09. The van der Waals surface area contributed by atoms with Crippen molar-refractivity contribution in [2.75, 3.05) is 6.61 Å². The molecule has 0 N–H and O–H groups in total. The van der Waals surface area contributed by atoms with E-state index in [9.17, 15) is 9.59 Å². The molecule has 0 aliphatic carbocycles. The number of carbonyl (C=O) groups is 2. The average Bonchev–Trinajstić information content (AvgIpc) is 2.86. The minimum atomic E-state index is -0.546. The van der Waals surface area contributed by atoms with E-state index in [4.69, 9.17) is 9.47 Å². The topological polar surface area (TPSA) is 57.5 Å².